The number of carbonyl (C=O) groups is 2. The highest BCUT2D eigenvalue weighted by atomic mass is 127. The van der Waals surface area contributed by atoms with Gasteiger partial charge in [0.05, 0.1) is 12.5 Å². The molecule has 1 rings (SSSR count). The molecule has 0 aliphatic heterocycles. The van der Waals surface area contributed by atoms with E-state index in [4.69, 9.17) is 15.1 Å². The van der Waals surface area contributed by atoms with E-state index in [0.717, 1.165) is 3.57 Å². The van der Waals surface area contributed by atoms with Crippen LogP contribution in [-0.2, 0) is 4.79 Å². The van der Waals surface area contributed by atoms with Crippen LogP contribution in [0.4, 0.5) is 0 Å². The summed E-state index contributed by atoms with van der Waals surface area (Å²) in [5.41, 5.74) is 0.0109. The number of benzene rings is 1. The Bertz CT molecular complexity index is 525. The fourth-order valence-corrected chi connectivity index (χ4v) is 1.74. The Morgan fingerprint density at radius 3 is 2.84 bits per heavy atom. The summed E-state index contributed by atoms with van der Waals surface area (Å²) in [5.74, 6) is -1.37. The molecular formula is C12H11IN2O4. The van der Waals surface area contributed by atoms with Crippen LogP contribution >= 0.6 is 22.6 Å². The molecule has 0 atom stereocenters. The first-order chi connectivity index (χ1) is 9.04. The van der Waals surface area contributed by atoms with E-state index in [0.29, 0.717) is 0 Å². The maximum absolute atomic E-state index is 11.3. The molecule has 7 heteroatoms. The minimum absolute atomic E-state index is 0.0109. The smallest absolute Gasteiger partial charge is 0.339 e. The first-order valence-corrected chi connectivity index (χ1v) is 6.41. The van der Waals surface area contributed by atoms with Crippen molar-refractivity contribution in [3.63, 3.8) is 0 Å². The SMILES string of the molecule is N#CCCNC(=O)COc1ccc(I)cc1C(=O)O. The highest BCUT2D eigenvalue weighted by Gasteiger charge is 2.13. The summed E-state index contributed by atoms with van der Waals surface area (Å²) < 4.78 is 5.93. The monoisotopic (exact) mass is 374 g/mol. The number of nitriles is 1. The third-order valence-electron chi connectivity index (χ3n) is 2.09. The number of rotatable bonds is 6. The van der Waals surface area contributed by atoms with E-state index in [1.807, 2.05) is 28.7 Å². The van der Waals surface area contributed by atoms with Crippen molar-refractivity contribution in [2.75, 3.05) is 13.2 Å². The third kappa shape index (κ3) is 5.13. The van der Waals surface area contributed by atoms with E-state index in [1.165, 1.54) is 12.1 Å². The number of hydrogen-bond acceptors (Lipinski definition) is 4. The molecule has 0 saturated heterocycles. The van der Waals surface area contributed by atoms with Gasteiger partial charge in [-0.05, 0) is 40.8 Å². The summed E-state index contributed by atoms with van der Waals surface area (Å²) in [6, 6.07) is 6.56. The molecule has 0 aromatic heterocycles. The van der Waals surface area contributed by atoms with Gasteiger partial charge >= 0.3 is 5.97 Å². The van der Waals surface area contributed by atoms with Crippen LogP contribution < -0.4 is 10.1 Å². The maximum Gasteiger partial charge on any atom is 0.339 e. The van der Waals surface area contributed by atoms with E-state index in [9.17, 15) is 9.59 Å². The Morgan fingerprint density at radius 2 is 2.21 bits per heavy atom. The zero-order valence-electron chi connectivity index (χ0n) is 9.85. The standard InChI is InChI=1S/C12H11IN2O4/c13-8-2-3-10(9(6-8)12(17)18)19-7-11(16)15-5-1-4-14/h2-3,6H,1,5,7H2,(H,15,16)(H,17,18). The van der Waals surface area contributed by atoms with Crippen molar-refractivity contribution in [1.29, 1.82) is 5.26 Å². The van der Waals surface area contributed by atoms with Crippen LogP contribution in [0.25, 0.3) is 0 Å². The lowest BCUT2D eigenvalue weighted by atomic mass is 10.2. The Morgan fingerprint density at radius 1 is 1.47 bits per heavy atom. The molecule has 19 heavy (non-hydrogen) atoms. The van der Waals surface area contributed by atoms with Crippen LogP contribution in [0.3, 0.4) is 0 Å². The molecule has 1 aromatic carbocycles. The van der Waals surface area contributed by atoms with Gasteiger partial charge in [-0.25, -0.2) is 4.79 Å². The molecule has 100 valence electrons. The van der Waals surface area contributed by atoms with E-state index >= 15 is 0 Å². The lowest BCUT2D eigenvalue weighted by Crippen LogP contribution is -2.29. The van der Waals surface area contributed by atoms with Crippen molar-refractivity contribution in [3.05, 3.63) is 27.3 Å². The Labute approximate surface area is 123 Å². The summed E-state index contributed by atoms with van der Waals surface area (Å²) >= 11 is 1.99. The van der Waals surface area contributed by atoms with Gasteiger partial charge in [0.25, 0.3) is 5.91 Å². The second-order valence-corrected chi connectivity index (χ2v) is 4.74. The van der Waals surface area contributed by atoms with Crippen LogP contribution in [0.2, 0.25) is 0 Å². The minimum atomic E-state index is -1.11. The number of carbonyl (C=O) groups excluding carboxylic acids is 1. The highest BCUT2D eigenvalue weighted by molar-refractivity contribution is 14.1. The van der Waals surface area contributed by atoms with Gasteiger partial charge in [-0.1, -0.05) is 0 Å². The normalized spacial score (nSPS) is 9.47. The van der Waals surface area contributed by atoms with Crippen LogP contribution in [0.15, 0.2) is 18.2 Å². The van der Waals surface area contributed by atoms with Gasteiger partial charge in [-0.2, -0.15) is 5.26 Å². The van der Waals surface area contributed by atoms with Crippen molar-refractivity contribution < 1.29 is 19.4 Å². The van der Waals surface area contributed by atoms with Gasteiger partial charge in [0, 0.05) is 10.1 Å². The van der Waals surface area contributed by atoms with Gasteiger partial charge in [-0.3, -0.25) is 4.79 Å². The fraction of sp³-hybridized carbons (Fsp3) is 0.250. The second kappa shape index (κ2) is 7.58. The molecule has 0 heterocycles. The zero-order chi connectivity index (χ0) is 14.3. The van der Waals surface area contributed by atoms with Gasteiger partial charge in [0.15, 0.2) is 6.61 Å². The predicted molar refractivity (Wildman–Crippen MR) is 74.9 cm³/mol. The number of ether oxygens (including phenoxy) is 1. The van der Waals surface area contributed by atoms with Crippen molar-refractivity contribution >= 4 is 34.5 Å². The van der Waals surface area contributed by atoms with Crippen LogP contribution in [0, 0.1) is 14.9 Å². The van der Waals surface area contributed by atoms with Crippen molar-refractivity contribution in [3.8, 4) is 11.8 Å². The number of carboxylic acid groups (broad SMARTS) is 1. The van der Waals surface area contributed by atoms with E-state index in [2.05, 4.69) is 5.32 Å². The van der Waals surface area contributed by atoms with Crippen LogP contribution in [0.1, 0.15) is 16.8 Å². The second-order valence-electron chi connectivity index (χ2n) is 3.49. The molecule has 0 aliphatic carbocycles. The van der Waals surface area contributed by atoms with E-state index < -0.39 is 11.9 Å². The van der Waals surface area contributed by atoms with Gasteiger partial charge in [0.2, 0.25) is 0 Å². The lowest BCUT2D eigenvalue weighted by Gasteiger charge is -2.09. The number of halogens is 1. The summed E-state index contributed by atoms with van der Waals surface area (Å²) in [6.07, 6.45) is 0.218. The zero-order valence-corrected chi connectivity index (χ0v) is 12.0. The van der Waals surface area contributed by atoms with E-state index in [-0.39, 0.29) is 30.9 Å². The molecular weight excluding hydrogens is 363 g/mol. The van der Waals surface area contributed by atoms with Gasteiger partial charge in [-0.15, -0.1) is 0 Å². The van der Waals surface area contributed by atoms with E-state index in [1.54, 1.807) is 6.07 Å². The first kappa shape index (κ1) is 15.2. The minimum Gasteiger partial charge on any atom is -0.483 e. The number of aromatic carboxylic acids is 1. The summed E-state index contributed by atoms with van der Waals surface area (Å²) in [5, 5.41) is 19.8. The molecule has 0 aliphatic rings. The molecule has 1 amide bonds. The molecule has 1 aromatic rings. The number of hydrogen-bond donors (Lipinski definition) is 2. The van der Waals surface area contributed by atoms with Crippen molar-refractivity contribution in [2.45, 2.75) is 6.42 Å². The maximum atomic E-state index is 11.3. The third-order valence-corrected chi connectivity index (χ3v) is 2.76. The molecule has 6 nitrogen and oxygen atoms in total. The van der Waals surface area contributed by atoms with Crippen LogP contribution in [0.5, 0.6) is 5.75 Å². The average molecular weight is 374 g/mol. The lowest BCUT2D eigenvalue weighted by molar-refractivity contribution is -0.123. The fourth-order valence-electron chi connectivity index (χ4n) is 1.25. The topological polar surface area (TPSA) is 99.4 Å². The highest BCUT2D eigenvalue weighted by Crippen LogP contribution is 2.21. The molecule has 0 radical (unpaired) electrons. The summed E-state index contributed by atoms with van der Waals surface area (Å²) in [7, 11) is 0. The van der Waals surface area contributed by atoms with Crippen LogP contribution in [-0.4, -0.2) is 30.1 Å². The Hall–Kier alpha value is -1.82. The molecule has 0 bridgehead atoms. The average Bonchev–Trinajstić information content (AvgIpc) is 2.37. The Balaban J connectivity index is 2.60. The van der Waals surface area contributed by atoms with Gasteiger partial charge in [0.1, 0.15) is 11.3 Å². The predicted octanol–water partition coefficient (Wildman–Crippen LogP) is 1.40. The largest absolute Gasteiger partial charge is 0.483 e. The summed E-state index contributed by atoms with van der Waals surface area (Å²) in [4.78, 5) is 22.4. The Kier molecular flexibility index (Phi) is 6.08. The number of nitrogens with zero attached hydrogens (tertiary/aromatic N) is 1. The molecule has 0 saturated carbocycles. The van der Waals surface area contributed by atoms with Gasteiger partial charge < -0.3 is 15.2 Å². The first-order valence-electron chi connectivity index (χ1n) is 5.34. The van der Waals surface area contributed by atoms with Crippen molar-refractivity contribution in [2.24, 2.45) is 0 Å². The molecule has 2 N–H and O–H groups in total. The molecule has 0 spiro atoms. The number of nitrogens with one attached hydrogen (secondary N) is 1. The molecule has 0 fully saturated rings. The number of carboxylic acids is 1. The quantitative estimate of drug-likeness (QED) is 0.579. The summed E-state index contributed by atoms with van der Waals surface area (Å²) in [6.45, 7) is -0.0382. The number of amides is 1. The van der Waals surface area contributed by atoms with Crippen molar-refractivity contribution in [1.82, 2.24) is 5.32 Å². The molecule has 0 unspecified atom stereocenters.